The third-order valence-corrected chi connectivity index (χ3v) is 2.98. The molecule has 4 nitrogen and oxygen atoms in total. The lowest BCUT2D eigenvalue weighted by atomic mass is 10.2. The van der Waals surface area contributed by atoms with Gasteiger partial charge in [-0.05, 0) is 12.0 Å². The monoisotopic (exact) mass is 350 g/mol. The van der Waals surface area contributed by atoms with Gasteiger partial charge in [0.2, 0.25) is 0 Å². The summed E-state index contributed by atoms with van der Waals surface area (Å²) in [5.41, 5.74) is 1.12. The molecule has 0 aromatic heterocycles. The Morgan fingerprint density at radius 1 is 0.667 bits per heavy atom. The summed E-state index contributed by atoms with van der Waals surface area (Å²) in [4.78, 5) is 0. The Labute approximate surface area is 140 Å². The summed E-state index contributed by atoms with van der Waals surface area (Å²) in [7, 11) is 0. The van der Waals surface area contributed by atoms with E-state index >= 15 is 0 Å². The Morgan fingerprint density at radius 3 is 1.71 bits per heavy atom. The van der Waals surface area contributed by atoms with E-state index in [2.05, 4.69) is 0 Å². The second-order valence-corrected chi connectivity index (χ2v) is 5.09. The van der Waals surface area contributed by atoms with Gasteiger partial charge in [-0.2, -0.15) is 13.2 Å². The van der Waals surface area contributed by atoms with Crippen LogP contribution in [0.4, 0.5) is 13.2 Å². The van der Waals surface area contributed by atoms with Crippen molar-refractivity contribution in [1.29, 1.82) is 0 Å². The second-order valence-electron chi connectivity index (χ2n) is 5.09. The first-order chi connectivity index (χ1) is 11.6. The van der Waals surface area contributed by atoms with Crippen molar-refractivity contribution in [2.24, 2.45) is 0 Å². The molecule has 0 aliphatic carbocycles. The Balaban J connectivity index is 1.75. The summed E-state index contributed by atoms with van der Waals surface area (Å²) in [6.45, 7) is 3.16. The van der Waals surface area contributed by atoms with Crippen LogP contribution in [0.2, 0.25) is 0 Å². The van der Waals surface area contributed by atoms with E-state index in [-0.39, 0.29) is 19.6 Å². The van der Waals surface area contributed by atoms with Gasteiger partial charge in [0.15, 0.2) is 0 Å². The minimum Gasteiger partial charge on any atom is -0.379 e. The van der Waals surface area contributed by atoms with Crippen LogP contribution in [0.3, 0.4) is 0 Å². The quantitative estimate of drug-likeness (QED) is 0.481. The lowest BCUT2D eigenvalue weighted by Gasteiger charge is -2.08. The van der Waals surface area contributed by atoms with Crippen LogP contribution in [0.25, 0.3) is 0 Å². The molecule has 0 spiro atoms. The highest BCUT2D eigenvalue weighted by molar-refractivity contribution is 5.13. The molecular weight excluding hydrogens is 325 g/mol. The zero-order valence-electron chi connectivity index (χ0n) is 13.7. The molecule has 0 aliphatic rings. The standard InChI is InChI=1S/C17H25F3O4/c18-17(19,20)7-4-8-21-9-10-22-11-12-23-13-14-24-15-16-5-2-1-3-6-16/h1-3,5-6H,4,7-15H2. The molecule has 0 N–H and O–H groups in total. The Bertz CT molecular complexity index is 399. The highest BCUT2D eigenvalue weighted by Gasteiger charge is 2.25. The molecule has 1 aromatic rings. The topological polar surface area (TPSA) is 36.9 Å². The maximum atomic E-state index is 11.9. The molecule has 0 saturated heterocycles. The van der Waals surface area contributed by atoms with E-state index in [1.54, 1.807) is 0 Å². The minimum absolute atomic E-state index is 0.0183. The molecule has 0 aliphatic heterocycles. The largest absolute Gasteiger partial charge is 0.389 e. The number of ether oxygens (including phenoxy) is 4. The van der Waals surface area contributed by atoms with Gasteiger partial charge in [0, 0.05) is 13.0 Å². The number of benzene rings is 1. The van der Waals surface area contributed by atoms with E-state index in [0.717, 1.165) is 5.56 Å². The Kier molecular flexibility index (Phi) is 11.5. The van der Waals surface area contributed by atoms with E-state index in [1.807, 2.05) is 30.3 Å². The van der Waals surface area contributed by atoms with Crippen LogP contribution in [-0.2, 0) is 25.6 Å². The summed E-state index contributed by atoms with van der Waals surface area (Å²) >= 11 is 0. The van der Waals surface area contributed by atoms with Crippen molar-refractivity contribution >= 4 is 0 Å². The van der Waals surface area contributed by atoms with E-state index < -0.39 is 12.6 Å². The van der Waals surface area contributed by atoms with Gasteiger partial charge >= 0.3 is 6.18 Å². The van der Waals surface area contributed by atoms with Crippen LogP contribution in [0.1, 0.15) is 18.4 Å². The lowest BCUT2D eigenvalue weighted by molar-refractivity contribution is -0.138. The van der Waals surface area contributed by atoms with E-state index in [1.165, 1.54) is 0 Å². The average Bonchev–Trinajstić information content (AvgIpc) is 2.55. The summed E-state index contributed by atoms with van der Waals surface area (Å²) in [6, 6.07) is 9.89. The van der Waals surface area contributed by atoms with Gasteiger partial charge in [-0.15, -0.1) is 0 Å². The molecule has 0 atom stereocenters. The first kappa shape index (κ1) is 20.9. The first-order valence-corrected chi connectivity index (χ1v) is 7.99. The summed E-state index contributed by atoms with van der Waals surface area (Å²) in [5, 5.41) is 0. The van der Waals surface area contributed by atoms with Gasteiger partial charge in [-0.3, -0.25) is 0 Å². The van der Waals surface area contributed by atoms with Crippen molar-refractivity contribution in [3.05, 3.63) is 35.9 Å². The average molecular weight is 350 g/mol. The van der Waals surface area contributed by atoms with Crippen LogP contribution >= 0.6 is 0 Å². The molecule has 0 unspecified atom stereocenters. The number of hydrogen-bond donors (Lipinski definition) is 0. The van der Waals surface area contributed by atoms with Crippen molar-refractivity contribution in [2.45, 2.75) is 25.6 Å². The zero-order chi connectivity index (χ0) is 17.5. The molecule has 0 amide bonds. The predicted octanol–water partition coefficient (Wildman–Crippen LogP) is 3.60. The van der Waals surface area contributed by atoms with Crippen LogP contribution < -0.4 is 0 Å². The summed E-state index contributed by atoms with van der Waals surface area (Å²) in [5.74, 6) is 0. The van der Waals surface area contributed by atoms with Crippen molar-refractivity contribution in [3.8, 4) is 0 Å². The fourth-order valence-corrected chi connectivity index (χ4v) is 1.80. The van der Waals surface area contributed by atoms with Crippen LogP contribution in [0.5, 0.6) is 0 Å². The van der Waals surface area contributed by atoms with Crippen LogP contribution in [0.15, 0.2) is 30.3 Å². The summed E-state index contributed by atoms with van der Waals surface area (Å²) in [6.07, 6.45) is -4.94. The molecule has 0 saturated carbocycles. The molecule has 0 heterocycles. The van der Waals surface area contributed by atoms with E-state index in [0.29, 0.717) is 39.6 Å². The number of hydrogen-bond acceptors (Lipinski definition) is 4. The zero-order valence-corrected chi connectivity index (χ0v) is 13.7. The van der Waals surface area contributed by atoms with Gasteiger partial charge in [0.1, 0.15) is 0 Å². The van der Waals surface area contributed by atoms with E-state index in [4.69, 9.17) is 18.9 Å². The Morgan fingerprint density at radius 2 is 1.17 bits per heavy atom. The predicted molar refractivity (Wildman–Crippen MR) is 83.8 cm³/mol. The van der Waals surface area contributed by atoms with Crippen LogP contribution in [0, 0.1) is 0 Å². The molecule has 138 valence electrons. The number of rotatable bonds is 14. The van der Waals surface area contributed by atoms with Crippen molar-refractivity contribution in [3.63, 3.8) is 0 Å². The van der Waals surface area contributed by atoms with Gasteiger partial charge < -0.3 is 18.9 Å². The molecule has 1 aromatic carbocycles. The van der Waals surface area contributed by atoms with Gasteiger partial charge in [0.05, 0.1) is 46.2 Å². The fourth-order valence-electron chi connectivity index (χ4n) is 1.80. The first-order valence-electron chi connectivity index (χ1n) is 7.99. The molecule has 0 bridgehead atoms. The third-order valence-electron chi connectivity index (χ3n) is 2.98. The molecular formula is C17H25F3O4. The van der Waals surface area contributed by atoms with Crippen molar-refractivity contribution < 1.29 is 32.1 Å². The maximum Gasteiger partial charge on any atom is 0.389 e. The smallest absolute Gasteiger partial charge is 0.379 e. The third kappa shape index (κ3) is 13.3. The Hall–Kier alpha value is -1.15. The van der Waals surface area contributed by atoms with Crippen molar-refractivity contribution in [1.82, 2.24) is 0 Å². The molecule has 7 heteroatoms. The fraction of sp³-hybridized carbons (Fsp3) is 0.647. The van der Waals surface area contributed by atoms with Crippen LogP contribution in [-0.4, -0.2) is 52.4 Å². The molecule has 0 fully saturated rings. The van der Waals surface area contributed by atoms with Gasteiger partial charge in [-0.1, -0.05) is 30.3 Å². The molecule has 0 radical (unpaired) electrons. The normalized spacial score (nSPS) is 11.8. The SMILES string of the molecule is FC(F)(F)CCCOCCOCCOCCOCc1ccccc1. The van der Waals surface area contributed by atoms with Crippen molar-refractivity contribution in [2.75, 3.05) is 46.2 Å². The molecule has 24 heavy (non-hydrogen) atoms. The molecule has 1 rings (SSSR count). The second kappa shape index (κ2) is 13.2. The van der Waals surface area contributed by atoms with E-state index in [9.17, 15) is 13.2 Å². The van der Waals surface area contributed by atoms with Gasteiger partial charge in [-0.25, -0.2) is 0 Å². The highest BCUT2D eigenvalue weighted by Crippen LogP contribution is 2.20. The number of halogens is 3. The summed E-state index contributed by atoms with van der Waals surface area (Å²) < 4.78 is 56.7. The maximum absolute atomic E-state index is 11.9. The minimum atomic E-state index is -4.11. The lowest BCUT2D eigenvalue weighted by Crippen LogP contribution is -2.13. The van der Waals surface area contributed by atoms with Gasteiger partial charge in [0.25, 0.3) is 0 Å². The number of alkyl halides is 3. The highest BCUT2D eigenvalue weighted by atomic mass is 19.4.